The molecular formula is C21H17N3O2S. The molecule has 27 heavy (non-hydrogen) atoms. The van der Waals surface area contributed by atoms with Crippen LogP contribution in [0.4, 0.5) is 5.69 Å². The Balaban J connectivity index is 1.58. The zero-order valence-electron chi connectivity index (χ0n) is 14.7. The molecule has 2 heterocycles. The quantitative estimate of drug-likeness (QED) is 0.630. The Morgan fingerprint density at radius 2 is 2.11 bits per heavy atom. The first-order valence-electron chi connectivity index (χ1n) is 8.59. The third kappa shape index (κ3) is 3.50. The van der Waals surface area contributed by atoms with Crippen molar-refractivity contribution in [2.24, 2.45) is 0 Å². The number of aryl methyl sites for hydroxylation is 1. The standard InChI is InChI=1S/C21H17N3O2S/c1-2-14-5-3-4-6-17(14)23-11-16(10-22)21-24-18(12-27-21)15-7-8-19-20(9-15)26-13-25-19/h3-9,11-12,23H,2,13H2,1H3/b16-11+. The molecule has 134 valence electrons. The number of rotatable bonds is 5. The molecular weight excluding hydrogens is 358 g/mol. The van der Waals surface area contributed by atoms with E-state index in [1.54, 1.807) is 6.20 Å². The third-order valence-electron chi connectivity index (χ3n) is 4.29. The Hall–Kier alpha value is -3.30. The maximum absolute atomic E-state index is 9.56. The molecule has 0 radical (unpaired) electrons. The Kier molecular flexibility index (Phi) is 4.77. The Bertz CT molecular complexity index is 1050. The number of para-hydroxylation sites is 1. The summed E-state index contributed by atoms with van der Waals surface area (Å²) in [5, 5.41) is 15.4. The minimum atomic E-state index is 0.243. The van der Waals surface area contributed by atoms with Gasteiger partial charge in [-0.2, -0.15) is 5.26 Å². The summed E-state index contributed by atoms with van der Waals surface area (Å²) in [7, 11) is 0. The van der Waals surface area contributed by atoms with Gasteiger partial charge in [-0.1, -0.05) is 25.1 Å². The van der Waals surface area contributed by atoms with Crippen LogP contribution in [0.3, 0.4) is 0 Å². The Morgan fingerprint density at radius 1 is 1.26 bits per heavy atom. The number of thiazole rings is 1. The molecule has 1 aromatic heterocycles. The zero-order valence-corrected chi connectivity index (χ0v) is 15.5. The van der Waals surface area contributed by atoms with Gasteiger partial charge in [0, 0.05) is 22.8 Å². The summed E-state index contributed by atoms with van der Waals surface area (Å²) in [6.07, 6.45) is 2.64. The smallest absolute Gasteiger partial charge is 0.231 e. The van der Waals surface area contributed by atoms with Gasteiger partial charge in [-0.15, -0.1) is 11.3 Å². The molecule has 1 aliphatic rings. The van der Waals surface area contributed by atoms with Gasteiger partial charge in [-0.05, 0) is 36.2 Å². The molecule has 0 saturated carbocycles. The van der Waals surface area contributed by atoms with Crippen LogP contribution in [0.15, 0.2) is 54.0 Å². The molecule has 0 unspecified atom stereocenters. The second-order valence-electron chi connectivity index (χ2n) is 5.93. The summed E-state index contributed by atoms with van der Waals surface area (Å²) >= 11 is 1.44. The molecule has 1 N–H and O–H groups in total. The fourth-order valence-electron chi connectivity index (χ4n) is 2.85. The SMILES string of the molecule is CCc1ccccc1N/C=C(\C#N)c1nc(-c2ccc3c(c2)OCO3)cs1. The molecule has 0 amide bonds. The summed E-state index contributed by atoms with van der Waals surface area (Å²) < 4.78 is 10.8. The molecule has 0 bridgehead atoms. The first kappa shape index (κ1) is 17.1. The largest absolute Gasteiger partial charge is 0.454 e. The van der Waals surface area contributed by atoms with E-state index in [-0.39, 0.29) is 6.79 Å². The van der Waals surface area contributed by atoms with Gasteiger partial charge >= 0.3 is 0 Å². The highest BCUT2D eigenvalue weighted by Gasteiger charge is 2.16. The summed E-state index contributed by atoms with van der Waals surface area (Å²) in [6.45, 7) is 2.35. The van der Waals surface area contributed by atoms with Gasteiger partial charge in [0.25, 0.3) is 0 Å². The number of nitrogens with one attached hydrogen (secondary N) is 1. The maximum Gasteiger partial charge on any atom is 0.231 e. The summed E-state index contributed by atoms with van der Waals surface area (Å²) in [5.41, 5.74) is 4.44. The van der Waals surface area contributed by atoms with E-state index in [1.807, 2.05) is 41.8 Å². The second-order valence-corrected chi connectivity index (χ2v) is 6.79. The fraction of sp³-hybridized carbons (Fsp3) is 0.143. The van der Waals surface area contributed by atoms with Crippen molar-refractivity contribution < 1.29 is 9.47 Å². The van der Waals surface area contributed by atoms with Crippen molar-refractivity contribution in [2.75, 3.05) is 12.1 Å². The van der Waals surface area contributed by atoms with Gasteiger partial charge in [0.1, 0.15) is 16.6 Å². The van der Waals surface area contributed by atoms with Crippen LogP contribution in [0.25, 0.3) is 16.8 Å². The molecule has 0 atom stereocenters. The fourth-order valence-corrected chi connectivity index (χ4v) is 3.64. The number of ether oxygens (including phenoxy) is 2. The minimum absolute atomic E-state index is 0.243. The number of fused-ring (bicyclic) bond motifs is 1. The highest BCUT2D eigenvalue weighted by molar-refractivity contribution is 7.11. The Labute approximate surface area is 161 Å². The molecule has 5 nitrogen and oxygen atoms in total. The molecule has 3 aromatic rings. The summed E-state index contributed by atoms with van der Waals surface area (Å²) in [6, 6.07) is 16.0. The van der Waals surface area contributed by atoms with E-state index >= 15 is 0 Å². The predicted octanol–water partition coefficient (Wildman–Crippen LogP) is 5.08. The number of hydrogen-bond donors (Lipinski definition) is 1. The molecule has 0 fully saturated rings. The molecule has 1 aliphatic heterocycles. The average molecular weight is 375 g/mol. The first-order valence-corrected chi connectivity index (χ1v) is 9.47. The Morgan fingerprint density at radius 3 is 2.96 bits per heavy atom. The number of nitrogens with zero attached hydrogens (tertiary/aromatic N) is 2. The molecule has 0 aliphatic carbocycles. The molecule has 4 rings (SSSR count). The normalized spacial score (nSPS) is 12.7. The van der Waals surface area contributed by atoms with Gasteiger partial charge in [-0.25, -0.2) is 4.98 Å². The topological polar surface area (TPSA) is 67.2 Å². The minimum Gasteiger partial charge on any atom is -0.454 e. The van der Waals surface area contributed by atoms with Crippen molar-refractivity contribution in [3.05, 3.63) is 64.6 Å². The molecule has 0 saturated heterocycles. The predicted molar refractivity (Wildman–Crippen MR) is 107 cm³/mol. The van der Waals surface area contributed by atoms with Gasteiger partial charge in [0.05, 0.1) is 5.69 Å². The number of aromatic nitrogens is 1. The van der Waals surface area contributed by atoms with Crippen LogP contribution in [0.2, 0.25) is 0 Å². The first-order chi connectivity index (χ1) is 13.3. The van der Waals surface area contributed by atoms with E-state index in [0.29, 0.717) is 10.6 Å². The molecule has 0 spiro atoms. The lowest BCUT2D eigenvalue weighted by atomic mass is 10.1. The average Bonchev–Trinajstić information content (AvgIpc) is 3.38. The highest BCUT2D eigenvalue weighted by atomic mass is 32.1. The van der Waals surface area contributed by atoms with Crippen molar-refractivity contribution in [3.63, 3.8) is 0 Å². The van der Waals surface area contributed by atoms with E-state index in [0.717, 1.165) is 34.9 Å². The number of anilines is 1. The van der Waals surface area contributed by atoms with Crippen molar-refractivity contribution in [3.8, 4) is 28.8 Å². The number of benzene rings is 2. The van der Waals surface area contributed by atoms with Crippen LogP contribution in [0, 0.1) is 11.3 Å². The molecule has 6 heteroatoms. The summed E-state index contributed by atoms with van der Waals surface area (Å²) in [4.78, 5) is 4.62. The van der Waals surface area contributed by atoms with Gasteiger partial charge in [0.2, 0.25) is 6.79 Å². The second kappa shape index (κ2) is 7.52. The van der Waals surface area contributed by atoms with E-state index in [4.69, 9.17) is 9.47 Å². The van der Waals surface area contributed by atoms with Crippen LogP contribution in [0.5, 0.6) is 11.5 Å². The van der Waals surface area contributed by atoms with E-state index in [2.05, 4.69) is 29.4 Å². The summed E-state index contributed by atoms with van der Waals surface area (Å²) in [5.74, 6) is 1.46. The van der Waals surface area contributed by atoms with Crippen molar-refractivity contribution in [2.45, 2.75) is 13.3 Å². The molecule has 2 aromatic carbocycles. The van der Waals surface area contributed by atoms with E-state index < -0.39 is 0 Å². The van der Waals surface area contributed by atoms with Gasteiger partial charge in [-0.3, -0.25) is 0 Å². The zero-order chi connectivity index (χ0) is 18.6. The lowest BCUT2D eigenvalue weighted by molar-refractivity contribution is 0.174. The lowest BCUT2D eigenvalue weighted by Crippen LogP contribution is -1.95. The lowest BCUT2D eigenvalue weighted by Gasteiger charge is -2.07. The van der Waals surface area contributed by atoms with Crippen LogP contribution in [0.1, 0.15) is 17.5 Å². The number of hydrogen-bond acceptors (Lipinski definition) is 6. The van der Waals surface area contributed by atoms with Gasteiger partial charge < -0.3 is 14.8 Å². The van der Waals surface area contributed by atoms with Crippen LogP contribution < -0.4 is 14.8 Å². The van der Waals surface area contributed by atoms with Gasteiger partial charge in [0.15, 0.2) is 11.5 Å². The third-order valence-corrected chi connectivity index (χ3v) is 5.17. The van der Waals surface area contributed by atoms with Crippen LogP contribution >= 0.6 is 11.3 Å². The van der Waals surface area contributed by atoms with E-state index in [1.165, 1.54) is 16.9 Å². The number of allylic oxidation sites excluding steroid dienone is 1. The highest BCUT2D eigenvalue weighted by Crippen LogP contribution is 2.36. The van der Waals surface area contributed by atoms with Crippen LogP contribution in [-0.4, -0.2) is 11.8 Å². The van der Waals surface area contributed by atoms with Crippen molar-refractivity contribution in [1.29, 1.82) is 5.26 Å². The van der Waals surface area contributed by atoms with Crippen LogP contribution in [-0.2, 0) is 6.42 Å². The van der Waals surface area contributed by atoms with Crippen molar-refractivity contribution in [1.82, 2.24) is 4.98 Å². The maximum atomic E-state index is 9.56. The van der Waals surface area contributed by atoms with E-state index in [9.17, 15) is 5.26 Å². The van der Waals surface area contributed by atoms with Crippen molar-refractivity contribution >= 4 is 22.6 Å². The number of nitriles is 1. The monoisotopic (exact) mass is 375 g/mol.